The fraction of sp³-hybridized carbons (Fsp3) is 0.200. The van der Waals surface area contributed by atoms with Gasteiger partial charge < -0.3 is 0 Å². The summed E-state index contributed by atoms with van der Waals surface area (Å²) in [5.74, 6) is -0.00166. The number of carbonyl (C=O) groups is 1. The van der Waals surface area contributed by atoms with Crippen molar-refractivity contribution in [2.45, 2.75) is 25.8 Å². The number of carbonyl (C=O) groups excluding carboxylic acids is 1. The van der Waals surface area contributed by atoms with Crippen LogP contribution in [0.15, 0.2) is 60.0 Å². The van der Waals surface area contributed by atoms with Gasteiger partial charge in [0.2, 0.25) is 5.91 Å². The molecule has 0 radical (unpaired) electrons. The lowest BCUT2D eigenvalue weighted by molar-refractivity contribution is -0.132. The Morgan fingerprint density at radius 2 is 1.85 bits per heavy atom. The number of hydrogen-bond donors (Lipinski definition) is 0. The average molecular weight is 365 g/mol. The molecular weight excluding hydrogens is 348 g/mol. The molecule has 5 nitrogen and oxygen atoms in total. The van der Waals surface area contributed by atoms with Gasteiger partial charge in [-0.3, -0.25) is 14.8 Å². The lowest BCUT2D eigenvalue weighted by atomic mass is 9.98. The van der Waals surface area contributed by atoms with Gasteiger partial charge in [0.1, 0.15) is 0 Å². The van der Waals surface area contributed by atoms with Crippen molar-refractivity contribution in [3.63, 3.8) is 0 Å². The van der Waals surface area contributed by atoms with E-state index < -0.39 is 0 Å². The number of hydrazone groups is 1. The largest absolute Gasteiger partial charge is 0.273 e. The van der Waals surface area contributed by atoms with Crippen LogP contribution in [0.25, 0.3) is 11.0 Å². The molecule has 2 aromatic carbocycles. The first-order chi connectivity index (χ1) is 12.7. The second-order valence-corrected chi connectivity index (χ2v) is 6.61. The Bertz CT molecular complexity index is 1000. The number of halogens is 1. The van der Waals surface area contributed by atoms with Gasteiger partial charge in [-0.2, -0.15) is 5.10 Å². The molecule has 6 heteroatoms. The summed E-state index contributed by atoms with van der Waals surface area (Å²) in [7, 11) is 0. The van der Waals surface area contributed by atoms with E-state index in [4.69, 9.17) is 11.6 Å². The van der Waals surface area contributed by atoms with Crippen LogP contribution in [0.2, 0.25) is 5.02 Å². The molecule has 1 atom stereocenters. The number of benzene rings is 2. The molecule has 0 fully saturated rings. The third-order valence-electron chi connectivity index (χ3n) is 4.52. The van der Waals surface area contributed by atoms with Crippen LogP contribution in [0.3, 0.4) is 0 Å². The highest BCUT2D eigenvalue weighted by atomic mass is 35.5. The normalized spacial score (nSPS) is 16.8. The lowest BCUT2D eigenvalue weighted by Crippen LogP contribution is -2.26. The van der Waals surface area contributed by atoms with E-state index in [1.54, 1.807) is 17.4 Å². The standard InChI is InChI=1S/C20H17ClN4O/c1-2-20(26)25-19(12-17(24-25)13-3-6-15(21)7-4-13)14-5-8-16-18(11-14)23-10-9-22-16/h3-11,19H,2,12H2,1H3/t19-/m0/s1. The van der Waals surface area contributed by atoms with E-state index in [0.717, 1.165) is 27.9 Å². The summed E-state index contributed by atoms with van der Waals surface area (Å²) >= 11 is 5.98. The Morgan fingerprint density at radius 1 is 1.12 bits per heavy atom. The monoisotopic (exact) mass is 364 g/mol. The van der Waals surface area contributed by atoms with Gasteiger partial charge in [-0.05, 0) is 35.4 Å². The molecule has 26 heavy (non-hydrogen) atoms. The quantitative estimate of drug-likeness (QED) is 0.693. The van der Waals surface area contributed by atoms with E-state index in [1.807, 2.05) is 49.4 Å². The zero-order valence-electron chi connectivity index (χ0n) is 14.3. The van der Waals surface area contributed by atoms with Gasteiger partial charge >= 0.3 is 0 Å². The van der Waals surface area contributed by atoms with Gasteiger partial charge in [0.25, 0.3) is 0 Å². The Kier molecular flexibility index (Phi) is 4.39. The molecule has 130 valence electrons. The Balaban J connectivity index is 1.72. The van der Waals surface area contributed by atoms with E-state index in [0.29, 0.717) is 17.9 Å². The second-order valence-electron chi connectivity index (χ2n) is 6.17. The first-order valence-corrected chi connectivity index (χ1v) is 8.89. The molecule has 1 aliphatic heterocycles. The minimum absolute atomic E-state index is 0.00166. The predicted octanol–water partition coefficient (Wildman–Crippen LogP) is 4.37. The van der Waals surface area contributed by atoms with Crippen molar-refractivity contribution in [3.05, 3.63) is 71.0 Å². The topological polar surface area (TPSA) is 58.5 Å². The number of aromatic nitrogens is 2. The predicted molar refractivity (Wildman–Crippen MR) is 102 cm³/mol. The van der Waals surface area contributed by atoms with Gasteiger partial charge in [0.05, 0.1) is 22.8 Å². The van der Waals surface area contributed by atoms with Crippen molar-refractivity contribution >= 4 is 34.3 Å². The second kappa shape index (κ2) is 6.84. The number of amides is 1. The fourth-order valence-corrected chi connectivity index (χ4v) is 3.29. The van der Waals surface area contributed by atoms with E-state index in [-0.39, 0.29) is 11.9 Å². The molecule has 1 aromatic heterocycles. The molecule has 4 rings (SSSR count). The molecule has 1 aliphatic rings. The van der Waals surface area contributed by atoms with E-state index in [2.05, 4.69) is 15.1 Å². The maximum Gasteiger partial charge on any atom is 0.242 e. The van der Waals surface area contributed by atoms with Gasteiger partial charge in [-0.25, -0.2) is 5.01 Å². The number of rotatable bonds is 3. The Labute approximate surface area is 156 Å². The maximum absolute atomic E-state index is 12.5. The molecule has 0 saturated heterocycles. The third kappa shape index (κ3) is 3.06. The van der Waals surface area contributed by atoms with Crippen molar-refractivity contribution in [1.82, 2.24) is 15.0 Å². The minimum Gasteiger partial charge on any atom is -0.273 e. The van der Waals surface area contributed by atoms with Gasteiger partial charge in [-0.1, -0.05) is 36.7 Å². The summed E-state index contributed by atoms with van der Waals surface area (Å²) in [6.45, 7) is 1.85. The molecule has 0 N–H and O–H groups in total. The van der Waals surface area contributed by atoms with E-state index in [9.17, 15) is 4.79 Å². The zero-order chi connectivity index (χ0) is 18.1. The molecular formula is C20H17ClN4O. The van der Waals surface area contributed by atoms with Crippen LogP contribution in [0.1, 0.15) is 36.9 Å². The molecule has 0 bridgehead atoms. The highest BCUT2D eigenvalue weighted by Gasteiger charge is 2.32. The highest BCUT2D eigenvalue weighted by molar-refractivity contribution is 6.30. The van der Waals surface area contributed by atoms with Crippen LogP contribution in [0, 0.1) is 0 Å². The molecule has 1 amide bonds. The van der Waals surface area contributed by atoms with Crippen LogP contribution in [0.4, 0.5) is 0 Å². The van der Waals surface area contributed by atoms with Gasteiger partial charge in [-0.15, -0.1) is 0 Å². The van der Waals surface area contributed by atoms with Crippen molar-refractivity contribution in [1.29, 1.82) is 0 Å². The minimum atomic E-state index is -0.139. The molecule has 0 spiro atoms. The fourth-order valence-electron chi connectivity index (χ4n) is 3.17. The van der Waals surface area contributed by atoms with Crippen LogP contribution in [-0.2, 0) is 4.79 Å². The first kappa shape index (κ1) is 16.7. The van der Waals surface area contributed by atoms with Crippen molar-refractivity contribution in [3.8, 4) is 0 Å². The SMILES string of the molecule is CCC(=O)N1N=C(c2ccc(Cl)cc2)C[C@H]1c1ccc2nccnc2c1. The van der Waals surface area contributed by atoms with Gasteiger partial charge in [0.15, 0.2) is 0 Å². The van der Waals surface area contributed by atoms with Crippen LogP contribution < -0.4 is 0 Å². The Hall–Kier alpha value is -2.79. The molecule has 0 aliphatic carbocycles. The van der Waals surface area contributed by atoms with Gasteiger partial charge in [0, 0.05) is 30.3 Å². The van der Waals surface area contributed by atoms with Crippen molar-refractivity contribution in [2.24, 2.45) is 5.10 Å². The molecule has 3 aromatic rings. The van der Waals surface area contributed by atoms with Crippen molar-refractivity contribution < 1.29 is 4.79 Å². The summed E-state index contributed by atoms with van der Waals surface area (Å²) in [5, 5.41) is 6.90. The molecule has 2 heterocycles. The number of fused-ring (bicyclic) bond motifs is 1. The Morgan fingerprint density at radius 3 is 2.58 bits per heavy atom. The van der Waals surface area contributed by atoms with E-state index in [1.165, 1.54) is 0 Å². The van der Waals surface area contributed by atoms with Crippen LogP contribution in [-0.4, -0.2) is 26.6 Å². The average Bonchev–Trinajstić information content (AvgIpc) is 3.13. The number of nitrogens with zero attached hydrogens (tertiary/aromatic N) is 4. The summed E-state index contributed by atoms with van der Waals surface area (Å²) in [5.41, 5.74) is 4.52. The summed E-state index contributed by atoms with van der Waals surface area (Å²) in [6, 6.07) is 13.3. The maximum atomic E-state index is 12.5. The zero-order valence-corrected chi connectivity index (χ0v) is 15.0. The highest BCUT2D eigenvalue weighted by Crippen LogP contribution is 2.34. The van der Waals surface area contributed by atoms with E-state index >= 15 is 0 Å². The summed E-state index contributed by atoms with van der Waals surface area (Å²) in [6.07, 6.45) is 4.40. The first-order valence-electron chi connectivity index (χ1n) is 8.52. The molecule has 0 saturated carbocycles. The van der Waals surface area contributed by atoms with Crippen LogP contribution in [0.5, 0.6) is 0 Å². The third-order valence-corrected chi connectivity index (χ3v) is 4.78. The van der Waals surface area contributed by atoms with Crippen LogP contribution >= 0.6 is 11.6 Å². The lowest BCUT2D eigenvalue weighted by Gasteiger charge is -2.21. The summed E-state index contributed by atoms with van der Waals surface area (Å²) in [4.78, 5) is 21.1. The smallest absolute Gasteiger partial charge is 0.242 e. The molecule has 0 unspecified atom stereocenters. The summed E-state index contributed by atoms with van der Waals surface area (Å²) < 4.78 is 0. The number of hydrogen-bond acceptors (Lipinski definition) is 4. The van der Waals surface area contributed by atoms with Crippen molar-refractivity contribution in [2.75, 3.05) is 0 Å².